The molecule has 0 aromatic carbocycles. The van der Waals surface area contributed by atoms with Gasteiger partial charge in [-0.25, -0.2) is 4.39 Å². The van der Waals surface area contributed by atoms with Crippen molar-refractivity contribution < 1.29 is 9.18 Å². The summed E-state index contributed by atoms with van der Waals surface area (Å²) in [5.74, 6) is -0.397. The normalized spacial score (nSPS) is 10.5. The second-order valence-electron chi connectivity index (χ2n) is 3.07. The molecular formula is C11H13FN2O. The summed E-state index contributed by atoms with van der Waals surface area (Å²) < 4.78 is 13.0. The average molecular weight is 208 g/mol. The maximum Gasteiger partial charge on any atom is 0.216 e. The van der Waals surface area contributed by atoms with Gasteiger partial charge in [-0.2, -0.15) is 0 Å². The molecular weight excluding hydrogens is 195 g/mol. The Labute approximate surface area is 88.0 Å². The number of nitrogens with one attached hydrogen (secondary N) is 1. The molecule has 0 bridgehead atoms. The molecule has 0 radical (unpaired) electrons. The van der Waals surface area contributed by atoms with Crippen molar-refractivity contribution in [2.75, 3.05) is 6.54 Å². The van der Waals surface area contributed by atoms with Gasteiger partial charge in [-0.05, 0) is 12.5 Å². The van der Waals surface area contributed by atoms with Crippen molar-refractivity contribution in [1.29, 1.82) is 0 Å². The van der Waals surface area contributed by atoms with E-state index in [1.165, 1.54) is 19.3 Å². The Bertz CT molecular complexity index is 363. The number of carbonyl (C=O) groups is 1. The zero-order valence-electron chi connectivity index (χ0n) is 8.53. The maximum absolute atomic E-state index is 13.0. The summed E-state index contributed by atoms with van der Waals surface area (Å²) in [6.07, 6.45) is 6.89. The van der Waals surface area contributed by atoms with E-state index in [0.29, 0.717) is 18.5 Å². The van der Waals surface area contributed by atoms with Gasteiger partial charge in [-0.15, -0.1) is 0 Å². The van der Waals surface area contributed by atoms with Crippen molar-refractivity contribution in [3.8, 4) is 0 Å². The summed E-state index contributed by atoms with van der Waals surface area (Å²) in [6, 6.07) is 1.60. The van der Waals surface area contributed by atoms with E-state index in [9.17, 15) is 9.18 Å². The van der Waals surface area contributed by atoms with E-state index in [4.69, 9.17) is 0 Å². The predicted molar refractivity (Wildman–Crippen MR) is 56.5 cm³/mol. The molecule has 1 N–H and O–H groups in total. The summed E-state index contributed by atoms with van der Waals surface area (Å²) in [5.41, 5.74) is 0.507. The van der Waals surface area contributed by atoms with Crippen LogP contribution >= 0.6 is 0 Å². The molecule has 0 spiro atoms. The largest absolute Gasteiger partial charge is 0.356 e. The summed E-state index contributed by atoms with van der Waals surface area (Å²) in [6.45, 7) is 2.03. The lowest BCUT2D eigenvalue weighted by molar-refractivity contribution is -0.118. The van der Waals surface area contributed by atoms with Crippen molar-refractivity contribution in [3.05, 3.63) is 35.9 Å². The highest BCUT2D eigenvalue weighted by Gasteiger charge is 1.95. The first kappa shape index (κ1) is 11.4. The number of pyridine rings is 1. The summed E-state index contributed by atoms with van der Waals surface area (Å²) in [4.78, 5) is 14.2. The molecule has 0 fully saturated rings. The highest BCUT2D eigenvalue weighted by Crippen LogP contribution is 2.06. The lowest BCUT2D eigenvalue weighted by Crippen LogP contribution is -2.20. The fourth-order valence-corrected chi connectivity index (χ4v) is 1.06. The number of rotatable bonds is 4. The van der Waals surface area contributed by atoms with E-state index >= 15 is 0 Å². The number of hydrogen-bond donors (Lipinski definition) is 1. The molecule has 1 aromatic heterocycles. The lowest BCUT2D eigenvalue weighted by atomic mass is 10.2. The zero-order valence-corrected chi connectivity index (χ0v) is 8.53. The van der Waals surface area contributed by atoms with Gasteiger partial charge in [0.2, 0.25) is 5.91 Å². The molecule has 1 aromatic rings. The van der Waals surface area contributed by atoms with Crippen molar-refractivity contribution in [3.63, 3.8) is 0 Å². The van der Waals surface area contributed by atoms with Gasteiger partial charge in [-0.1, -0.05) is 12.2 Å². The van der Waals surface area contributed by atoms with Crippen molar-refractivity contribution >= 4 is 12.0 Å². The Morgan fingerprint density at radius 1 is 1.67 bits per heavy atom. The van der Waals surface area contributed by atoms with Crippen LogP contribution in [0.15, 0.2) is 24.5 Å². The second kappa shape index (κ2) is 5.90. The minimum atomic E-state index is -0.340. The highest BCUT2D eigenvalue weighted by molar-refractivity contribution is 5.72. The Morgan fingerprint density at radius 3 is 3.13 bits per heavy atom. The standard InChI is InChI=1S/C11H13FN2O/c1-9(15)14-6-3-2-4-10-5-7-13-8-11(10)12/h2,4-5,7-8H,3,6H2,1H3,(H,14,15). The van der Waals surface area contributed by atoms with E-state index in [0.717, 1.165) is 0 Å². The van der Waals surface area contributed by atoms with Crippen LogP contribution in [0.5, 0.6) is 0 Å². The summed E-state index contributed by atoms with van der Waals surface area (Å²) in [7, 11) is 0. The minimum Gasteiger partial charge on any atom is -0.356 e. The van der Waals surface area contributed by atoms with Gasteiger partial charge in [0, 0.05) is 25.2 Å². The van der Waals surface area contributed by atoms with Crippen molar-refractivity contribution in [2.45, 2.75) is 13.3 Å². The van der Waals surface area contributed by atoms with Crippen molar-refractivity contribution in [2.24, 2.45) is 0 Å². The van der Waals surface area contributed by atoms with Crippen LogP contribution in [0, 0.1) is 5.82 Å². The van der Waals surface area contributed by atoms with Gasteiger partial charge < -0.3 is 5.32 Å². The maximum atomic E-state index is 13.0. The summed E-state index contributed by atoms with van der Waals surface area (Å²) >= 11 is 0. The first-order valence-electron chi connectivity index (χ1n) is 4.70. The van der Waals surface area contributed by atoms with E-state index in [-0.39, 0.29) is 11.7 Å². The van der Waals surface area contributed by atoms with Gasteiger partial charge in [0.1, 0.15) is 5.82 Å². The Hall–Kier alpha value is -1.71. The van der Waals surface area contributed by atoms with Crippen LogP contribution in [0.2, 0.25) is 0 Å². The molecule has 15 heavy (non-hydrogen) atoms. The molecule has 0 saturated carbocycles. The van der Waals surface area contributed by atoms with Crippen LogP contribution in [0.3, 0.4) is 0 Å². The SMILES string of the molecule is CC(=O)NCCC=Cc1ccncc1F. The number of carbonyl (C=O) groups excluding carboxylic acids is 1. The van der Waals surface area contributed by atoms with E-state index < -0.39 is 0 Å². The Kier molecular flexibility index (Phi) is 4.47. The van der Waals surface area contributed by atoms with Gasteiger partial charge >= 0.3 is 0 Å². The fourth-order valence-electron chi connectivity index (χ4n) is 1.06. The van der Waals surface area contributed by atoms with Crippen LogP contribution in [0.25, 0.3) is 6.08 Å². The van der Waals surface area contributed by atoms with Crippen LogP contribution in [-0.4, -0.2) is 17.4 Å². The summed E-state index contributed by atoms with van der Waals surface area (Å²) in [5, 5.41) is 2.65. The molecule has 1 amide bonds. The Balaban J connectivity index is 2.38. The fraction of sp³-hybridized carbons (Fsp3) is 0.273. The van der Waals surface area contributed by atoms with E-state index in [1.807, 2.05) is 6.08 Å². The minimum absolute atomic E-state index is 0.0570. The van der Waals surface area contributed by atoms with Gasteiger partial charge in [0.05, 0.1) is 6.20 Å². The third kappa shape index (κ3) is 4.35. The van der Waals surface area contributed by atoms with Crippen molar-refractivity contribution in [1.82, 2.24) is 10.3 Å². The molecule has 0 aliphatic heterocycles. The van der Waals surface area contributed by atoms with Crippen LogP contribution in [0.1, 0.15) is 18.9 Å². The molecule has 0 atom stereocenters. The number of aromatic nitrogens is 1. The van der Waals surface area contributed by atoms with Gasteiger partial charge in [-0.3, -0.25) is 9.78 Å². The monoisotopic (exact) mass is 208 g/mol. The number of hydrogen-bond acceptors (Lipinski definition) is 2. The first-order chi connectivity index (χ1) is 7.20. The molecule has 0 aliphatic carbocycles. The van der Waals surface area contributed by atoms with Crippen LogP contribution in [-0.2, 0) is 4.79 Å². The van der Waals surface area contributed by atoms with Gasteiger partial charge in [0.15, 0.2) is 0 Å². The third-order valence-corrected chi connectivity index (χ3v) is 1.79. The Morgan fingerprint density at radius 2 is 2.47 bits per heavy atom. The van der Waals surface area contributed by atoms with Crippen LogP contribution < -0.4 is 5.32 Å². The van der Waals surface area contributed by atoms with Crippen LogP contribution in [0.4, 0.5) is 4.39 Å². The number of nitrogens with zero attached hydrogens (tertiary/aromatic N) is 1. The lowest BCUT2D eigenvalue weighted by Gasteiger charge is -1.97. The molecule has 80 valence electrons. The molecule has 4 heteroatoms. The average Bonchev–Trinajstić information content (AvgIpc) is 2.20. The topological polar surface area (TPSA) is 42.0 Å². The molecule has 1 heterocycles. The molecule has 0 saturated heterocycles. The quantitative estimate of drug-likeness (QED) is 0.766. The zero-order chi connectivity index (χ0) is 11.1. The third-order valence-electron chi connectivity index (χ3n) is 1.79. The highest BCUT2D eigenvalue weighted by atomic mass is 19.1. The van der Waals surface area contributed by atoms with Gasteiger partial charge in [0.25, 0.3) is 0 Å². The van der Waals surface area contributed by atoms with E-state index in [1.54, 1.807) is 12.1 Å². The first-order valence-corrected chi connectivity index (χ1v) is 4.70. The molecule has 0 aliphatic rings. The molecule has 1 rings (SSSR count). The number of amides is 1. The van der Waals surface area contributed by atoms with E-state index in [2.05, 4.69) is 10.3 Å². The molecule has 3 nitrogen and oxygen atoms in total. The second-order valence-corrected chi connectivity index (χ2v) is 3.07. The smallest absolute Gasteiger partial charge is 0.216 e. The number of halogens is 1. The molecule has 0 unspecified atom stereocenters. The predicted octanol–water partition coefficient (Wildman–Crippen LogP) is 1.76.